The lowest BCUT2D eigenvalue weighted by atomic mass is 9.90. The van der Waals surface area contributed by atoms with Crippen LogP contribution in [-0.2, 0) is 14.8 Å². The van der Waals surface area contributed by atoms with Crippen molar-refractivity contribution in [2.75, 3.05) is 26.0 Å². The monoisotopic (exact) mass is 287 g/mol. The van der Waals surface area contributed by atoms with Crippen LogP contribution in [0.2, 0.25) is 0 Å². The predicted molar refractivity (Wildman–Crippen MR) is 74.1 cm³/mol. The van der Waals surface area contributed by atoms with Gasteiger partial charge in [0.2, 0.25) is 10.0 Å². The summed E-state index contributed by atoms with van der Waals surface area (Å²) in [7, 11) is -1.93. The van der Waals surface area contributed by atoms with E-state index in [2.05, 4.69) is 9.71 Å². The highest BCUT2D eigenvalue weighted by molar-refractivity contribution is 7.89. The minimum Gasteiger partial charge on any atom is -0.385 e. The molecule has 0 bridgehead atoms. The summed E-state index contributed by atoms with van der Waals surface area (Å²) in [4.78, 5) is 3.90. The molecule has 0 aliphatic heterocycles. The first-order valence-corrected chi connectivity index (χ1v) is 7.45. The summed E-state index contributed by atoms with van der Waals surface area (Å²) in [5.41, 5.74) is 5.30. The first-order valence-electron chi connectivity index (χ1n) is 5.97. The molecule has 0 saturated heterocycles. The number of anilines is 1. The Hall–Kier alpha value is -1.18. The molecule has 1 aromatic heterocycles. The molecule has 7 heteroatoms. The first-order chi connectivity index (χ1) is 8.77. The van der Waals surface area contributed by atoms with Crippen LogP contribution in [0.15, 0.2) is 23.2 Å². The Morgan fingerprint density at radius 3 is 2.74 bits per heavy atom. The second-order valence-electron chi connectivity index (χ2n) is 5.15. The number of ether oxygens (including phenoxy) is 1. The van der Waals surface area contributed by atoms with E-state index in [1.54, 1.807) is 7.11 Å². The summed E-state index contributed by atoms with van der Waals surface area (Å²) >= 11 is 0. The molecule has 0 atom stereocenters. The van der Waals surface area contributed by atoms with E-state index in [0.717, 1.165) is 6.42 Å². The van der Waals surface area contributed by atoms with E-state index in [-0.39, 0.29) is 16.1 Å². The zero-order valence-corrected chi connectivity index (χ0v) is 12.3. The quantitative estimate of drug-likeness (QED) is 0.780. The molecule has 1 heterocycles. The second-order valence-corrected chi connectivity index (χ2v) is 6.91. The minimum atomic E-state index is -3.55. The molecule has 0 fully saturated rings. The highest BCUT2D eigenvalue weighted by atomic mass is 32.2. The molecule has 0 radical (unpaired) electrons. The third-order valence-electron chi connectivity index (χ3n) is 2.79. The van der Waals surface area contributed by atoms with Gasteiger partial charge in [-0.2, -0.15) is 0 Å². The molecule has 0 unspecified atom stereocenters. The minimum absolute atomic E-state index is 0.127. The summed E-state index contributed by atoms with van der Waals surface area (Å²) < 4.78 is 31.8. The van der Waals surface area contributed by atoms with Gasteiger partial charge >= 0.3 is 0 Å². The number of nitrogens with two attached hydrogens (primary N) is 1. The highest BCUT2D eigenvalue weighted by Crippen LogP contribution is 2.20. The molecule has 1 aromatic rings. The van der Waals surface area contributed by atoms with Gasteiger partial charge in [0.1, 0.15) is 5.82 Å². The van der Waals surface area contributed by atoms with E-state index in [0.29, 0.717) is 13.2 Å². The van der Waals surface area contributed by atoms with E-state index in [4.69, 9.17) is 10.5 Å². The Bertz CT molecular complexity index is 515. The number of aromatic nitrogens is 1. The number of hydrogen-bond donors (Lipinski definition) is 2. The van der Waals surface area contributed by atoms with Crippen molar-refractivity contribution in [3.05, 3.63) is 18.3 Å². The van der Waals surface area contributed by atoms with Crippen molar-refractivity contribution in [1.29, 1.82) is 0 Å². The molecule has 0 amide bonds. The number of pyridine rings is 1. The number of sulfonamides is 1. The van der Waals surface area contributed by atoms with E-state index < -0.39 is 10.0 Å². The SMILES string of the molecule is COCCC(C)(C)CNS(=O)(=O)c1ccnc(N)c1. The van der Waals surface area contributed by atoms with Crippen molar-refractivity contribution in [3.8, 4) is 0 Å². The van der Waals surface area contributed by atoms with Gasteiger partial charge in [0.05, 0.1) is 4.90 Å². The fourth-order valence-electron chi connectivity index (χ4n) is 1.44. The van der Waals surface area contributed by atoms with Gasteiger partial charge in [0.15, 0.2) is 0 Å². The molecule has 0 aromatic carbocycles. The Labute approximate surface area is 114 Å². The van der Waals surface area contributed by atoms with Crippen LogP contribution in [0.25, 0.3) is 0 Å². The normalized spacial score (nSPS) is 12.6. The van der Waals surface area contributed by atoms with Crippen molar-refractivity contribution in [2.45, 2.75) is 25.2 Å². The van der Waals surface area contributed by atoms with Gasteiger partial charge in [-0.15, -0.1) is 0 Å². The number of methoxy groups -OCH3 is 1. The lowest BCUT2D eigenvalue weighted by molar-refractivity contribution is 0.153. The average Bonchev–Trinajstić information content (AvgIpc) is 2.34. The van der Waals surface area contributed by atoms with Crippen molar-refractivity contribution >= 4 is 15.8 Å². The van der Waals surface area contributed by atoms with Gasteiger partial charge in [-0.3, -0.25) is 0 Å². The van der Waals surface area contributed by atoms with Gasteiger partial charge in [-0.05, 0) is 17.9 Å². The Morgan fingerprint density at radius 1 is 1.47 bits per heavy atom. The molecule has 0 aliphatic rings. The molecule has 0 saturated carbocycles. The van der Waals surface area contributed by atoms with E-state index in [1.165, 1.54) is 18.3 Å². The number of nitrogen functional groups attached to an aromatic ring is 1. The van der Waals surface area contributed by atoms with E-state index in [9.17, 15) is 8.42 Å². The van der Waals surface area contributed by atoms with Gasteiger partial charge in [-0.25, -0.2) is 18.1 Å². The number of hydrogen-bond acceptors (Lipinski definition) is 5. The summed E-state index contributed by atoms with van der Waals surface area (Å²) in [6, 6.07) is 2.76. The van der Waals surface area contributed by atoms with Gasteiger partial charge in [-0.1, -0.05) is 13.8 Å². The van der Waals surface area contributed by atoms with Crippen LogP contribution in [0, 0.1) is 5.41 Å². The number of nitrogens with one attached hydrogen (secondary N) is 1. The fourth-order valence-corrected chi connectivity index (χ4v) is 2.70. The molecular formula is C12H21N3O3S. The van der Waals surface area contributed by atoms with Crippen LogP contribution in [0.4, 0.5) is 5.82 Å². The topological polar surface area (TPSA) is 94.3 Å². The zero-order chi connectivity index (χ0) is 14.5. The standard InChI is InChI=1S/C12H21N3O3S/c1-12(2,5-7-18-3)9-15-19(16,17)10-4-6-14-11(13)8-10/h4,6,8,15H,5,7,9H2,1-3H3,(H2,13,14). The van der Waals surface area contributed by atoms with Gasteiger partial charge in [0, 0.05) is 32.5 Å². The summed E-state index contributed by atoms with van der Waals surface area (Å²) in [5, 5.41) is 0. The van der Waals surface area contributed by atoms with Crippen LogP contribution in [-0.4, -0.2) is 33.7 Å². The Morgan fingerprint density at radius 2 is 2.16 bits per heavy atom. The molecule has 6 nitrogen and oxygen atoms in total. The molecule has 3 N–H and O–H groups in total. The fraction of sp³-hybridized carbons (Fsp3) is 0.583. The number of nitrogens with zero attached hydrogens (tertiary/aromatic N) is 1. The number of rotatable bonds is 7. The molecule has 0 aliphatic carbocycles. The second kappa shape index (κ2) is 6.31. The van der Waals surface area contributed by atoms with Crippen LogP contribution >= 0.6 is 0 Å². The lowest BCUT2D eigenvalue weighted by Crippen LogP contribution is -2.34. The van der Waals surface area contributed by atoms with Crippen LogP contribution in [0.5, 0.6) is 0 Å². The highest BCUT2D eigenvalue weighted by Gasteiger charge is 2.22. The third-order valence-corrected chi connectivity index (χ3v) is 4.19. The third kappa shape index (κ3) is 5.14. The molecule has 19 heavy (non-hydrogen) atoms. The average molecular weight is 287 g/mol. The van der Waals surface area contributed by atoms with Crippen molar-refractivity contribution in [1.82, 2.24) is 9.71 Å². The predicted octanol–water partition coefficient (Wildman–Crippen LogP) is 1.00. The van der Waals surface area contributed by atoms with Crippen molar-refractivity contribution < 1.29 is 13.2 Å². The van der Waals surface area contributed by atoms with Crippen LogP contribution < -0.4 is 10.5 Å². The molecule has 1 rings (SSSR count). The van der Waals surface area contributed by atoms with E-state index in [1.807, 2.05) is 13.8 Å². The summed E-state index contributed by atoms with van der Waals surface area (Å²) in [6.45, 7) is 4.89. The summed E-state index contributed by atoms with van der Waals surface area (Å²) in [6.07, 6.45) is 2.14. The molecule has 108 valence electrons. The smallest absolute Gasteiger partial charge is 0.240 e. The largest absolute Gasteiger partial charge is 0.385 e. The Balaban J connectivity index is 2.71. The van der Waals surface area contributed by atoms with Crippen molar-refractivity contribution in [3.63, 3.8) is 0 Å². The first kappa shape index (κ1) is 15.9. The lowest BCUT2D eigenvalue weighted by Gasteiger charge is -2.24. The van der Waals surface area contributed by atoms with Crippen LogP contribution in [0.3, 0.4) is 0 Å². The zero-order valence-electron chi connectivity index (χ0n) is 11.5. The van der Waals surface area contributed by atoms with Gasteiger partial charge < -0.3 is 10.5 Å². The maximum Gasteiger partial charge on any atom is 0.240 e. The Kier molecular flexibility index (Phi) is 5.28. The summed E-state index contributed by atoms with van der Waals surface area (Å²) in [5.74, 6) is 0.182. The van der Waals surface area contributed by atoms with Gasteiger partial charge in [0.25, 0.3) is 0 Å². The maximum atomic E-state index is 12.1. The van der Waals surface area contributed by atoms with Crippen molar-refractivity contribution in [2.24, 2.45) is 5.41 Å². The molecular weight excluding hydrogens is 266 g/mol. The maximum absolute atomic E-state index is 12.1. The van der Waals surface area contributed by atoms with E-state index >= 15 is 0 Å². The van der Waals surface area contributed by atoms with Crippen LogP contribution in [0.1, 0.15) is 20.3 Å². The molecule has 0 spiro atoms.